The van der Waals surface area contributed by atoms with Crippen molar-refractivity contribution in [1.82, 2.24) is 5.32 Å². The van der Waals surface area contributed by atoms with Gasteiger partial charge in [-0.05, 0) is 18.6 Å². The molecule has 5 nitrogen and oxygen atoms in total. The first-order valence-corrected chi connectivity index (χ1v) is 6.21. The number of aryl methyl sites for hydroxylation is 1. The fourth-order valence-corrected chi connectivity index (χ4v) is 1.79. The molecule has 0 spiro atoms. The van der Waals surface area contributed by atoms with Gasteiger partial charge in [-0.3, -0.25) is 10.1 Å². The lowest BCUT2D eigenvalue weighted by Crippen LogP contribution is -2.28. The maximum atomic E-state index is 10.7. The van der Waals surface area contributed by atoms with Crippen molar-refractivity contribution in [2.75, 3.05) is 18.4 Å². The minimum absolute atomic E-state index is 0.0555. The van der Waals surface area contributed by atoms with E-state index in [4.69, 9.17) is 11.6 Å². The Balaban J connectivity index is 2.67. The molecule has 100 valence electrons. The molecule has 0 saturated carbocycles. The van der Waals surface area contributed by atoms with E-state index in [9.17, 15) is 10.1 Å². The Morgan fingerprint density at radius 2 is 2.06 bits per heavy atom. The van der Waals surface area contributed by atoms with E-state index in [-0.39, 0.29) is 10.7 Å². The normalized spacial score (nSPS) is 10.7. The Morgan fingerprint density at radius 3 is 2.61 bits per heavy atom. The molecule has 2 N–H and O–H groups in total. The number of benzene rings is 1. The van der Waals surface area contributed by atoms with Crippen molar-refractivity contribution in [2.24, 2.45) is 0 Å². The van der Waals surface area contributed by atoms with Crippen LogP contribution in [0.4, 0.5) is 11.4 Å². The molecule has 0 aromatic heterocycles. The first-order valence-electron chi connectivity index (χ1n) is 5.83. The molecule has 0 aliphatic heterocycles. The van der Waals surface area contributed by atoms with Gasteiger partial charge in [-0.1, -0.05) is 25.4 Å². The zero-order valence-corrected chi connectivity index (χ0v) is 11.5. The molecule has 0 aliphatic rings. The van der Waals surface area contributed by atoms with E-state index in [0.717, 1.165) is 24.3 Å². The molecule has 0 aliphatic carbocycles. The zero-order valence-electron chi connectivity index (χ0n) is 10.8. The maximum Gasteiger partial charge on any atom is 0.288 e. The Morgan fingerprint density at radius 1 is 1.39 bits per heavy atom. The summed E-state index contributed by atoms with van der Waals surface area (Å²) in [6.45, 7) is 7.54. The van der Waals surface area contributed by atoms with Gasteiger partial charge >= 0.3 is 0 Å². The molecule has 1 rings (SSSR count). The van der Waals surface area contributed by atoms with Crippen LogP contribution >= 0.6 is 11.6 Å². The molecule has 1 aromatic rings. The van der Waals surface area contributed by atoms with Gasteiger partial charge in [0.05, 0.1) is 4.92 Å². The molecule has 18 heavy (non-hydrogen) atoms. The lowest BCUT2D eigenvalue weighted by Gasteiger charge is -2.12. The largest absolute Gasteiger partial charge is 0.384 e. The average molecular weight is 272 g/mol. The van der Waals surface area contributed by atoms with E-state index >= 15 is 0 Å². The highest BCUT2D eigenvalue weighted by Crippen LogP contribution is 2.30. The van der Waals surface area contributed by atoms with Crippen molar-refractivity contribution >= 4 is 23.0 Å². The zero-order chi connectivity index (χ0) is 13.7. The molecular weight excluding hydrogens is 254 g/mol. The molecule has 0 saturated heterocycles. The van der Waals surface area contributed by atoms with Crippen molar-refractivity contribution in [1.29, 1.82) is 0 Å². The summed E-state index contributed by atoms with van der Waals surface area (Å²) in [5, 5.41) is 17.4. The van der Waals surface area contributed by atoms with E-state index < -0.39 is 4.92 Å². The van der Waals surface area contributed by atoms with Crippen molar-refractivity contribution in [2.45, 2.75) is 26.8 Å². The van der Waals surface area contributed by atoms with Crippen LogP contribution in [0.3, 0.4) is 0 Å². The molecule has 0 amide bonds. The van der Waals surface area contributed by atoms with Crippen LogP contribution in [-0.4, -0.2) is 24.1 Å². The fraction of sp³-hybridized carbons (Fsp3) is 0.500. The first kappa shape index (κ1) is 14.7. The maximum absolute atomic E-state index is 10.7. The summed E-state index contributed by atoms with van der Waals surface area (Å²) in [7, 11) is 0. The van der Waals surface area contributed by atoms with Crippen LogP contribution in [0, 0.1) is 17.0 Å². The highest BCUT2D eigenvalue weighted by Gasteiger charge is 2.14. The van der Waals surface area contributed by atoms with Gasteiger partial charge in [0.1, 0.15) is 5.02 Å². The summed E-state index contributed by atoms with van der Waals surface area (Å²) in [6, 6.07) is 3.53. The highest BCUT2D eigenvalue weighted by atomic mass is 35.5. The number of hydrogen-bond donors (Lipinski definition) is 2. The van der Waals surface area contributed by atoms with Crippen LogP contribution in [0.15, 0.2) is 12.1 Å². The molecule has 6 heteroatoms. The van der Waals surface area contributed by atoms with Gasteiger partial charge in [0.2, 0.25) is 0 Å². The summed E-state index contributed by atoms with van der Waals surface area (Å²) in [6.07, 6.45) is 0. The number of anilines is 1. The smallest absolute Gasteiger partial charge is 0.288 e. The number of nitrogens with zero attached hydrogens (tertiary/aromatic N) is 1. The predicted octanol–water partition coefficient (Wildman–Crippen LogP) is 2.97. The average Bonchev–Trinajstić information content (AvgIpc) is 2.27. The number of rotatable bonds is 6. The minimum atomic E-state index is -0.473. The molecule has 0 unspecified atom stereocenters. The number of nitro benzene ring substituents is 1. The number of halogens is 1. The predicted molar refractivity (Wildman–Crippen MR) is 74.5 cm³/mol. The van der Waals surface area contributed by atoms with Gasteiger partial charge in [-0.25, -0.2) is 0 Å². The van der Waals surface area contributed by atoms with Crippen molar-refractivity contribution < 1.29 is 4.92 Å². The van der Waals surface area contributed by atoms with E-state index in [1.54, 1.807) is 6.07 Å². The Labute approximate surface area is 112 Å². The molecule has 0 radical (unpaired) electrons. The topological polar surface area (TPSA) is 67.2 Å². The number of nitrogens with one attached hydrogen (secondary N) is 2. The van der Waals surface area contributed by atoms with Gasteiger partial charge in [0.15, 0.2) is 0 Å². The van der Waals surface area contributed by atoms with Crippen molar-refractivity contribution in [3.63, 3.8) is 0 Å². The molecule has 0 fully saturated rings. The lowest BCUT2D eigenvalue weighted by molar-refractivity contribution is -0.384. The van der Waals surface area contributed by atoms with Crippen molar-refractivity contribution in [3.8, 4) is 0 Å². The summed E-state index contributed by atoms with van der Waals surface area (Å²) >= 11 is 5.86. The molecule has 1 aromatic carbocycles. The van der Waals surface area contributed by atoms with Gasteiger partial charge in [-0.2, -0.15) is 0 Å². The van der Waals surface area contributed by atoms with E-state index in [2.05, 4.69) is 24.5 Å². The highest BCUT2D eigenvalue weighted by molar-refractivity contribution is 6.33. The minimum Gasteiger partial charge on any atom is -0.384 e. The van der Waals surface area contributed by atoms with E-state index in [1.165, 1.54) is 6.07 Å². The van der Waals surface area contributed by atoms with Crippen LogP contribution in [0.5, 0.6) is 0 Å². The fourth-order valence-electron chi connectivity index (χ4n) is 1.55. The lowest BCUT2D eigenvalue weighted by atomic mass is 10.2. The third kappa shape index (κ3) is 4.16. The molecule has 0 bridgehead atoms. The summed E-state index contributed by atoms with van der Waals surface area (Å²) in [5.74, 6) is 0. The first-order chi connectivity index (χ1) is 8.41. The molecular formula is C12H18ClN3O2. The third-order valence-corrected chi connectivity index (χ3v) is 2.79. The Kier molecular flexibility index (Phi) is 5.37. The van der Waals surface area contributed by atoms with Crippen LogP contribution < -0.4 is 10.6 Å². The van der Waals surface area contributed by atoms with Gasteiger partial charge in [0.25, 0.3) is 5.69 Å². The molecule has 0 heterocycles. The summed E-state index contributed by atoms with van der Waals surface area (Å²) < 4.78 is 0. The molecule has 0 atom stereocenters. The second kappa shape index (κ2) is 6.56. The third-order valence-electron chi connectivity index (χ3n) is 2.48. The monoisotopic (exact) mass is 271 g/mol. The Hall–Kier alpha value is -1.33. The standard InChI is InChI=1S/C12H18ClN3O2/c1-8(2)14-4-5-15-11-7-10(13)12(16(17)18)6-9(11)3/h6-8,14-15H,4-5H2,1-3H3. The van der Waals surface area contributed by atoms with Gasteiger partial charge in [0, 0.05) is 30.9 Å². The quantitative estimate of drug-likeness (QED) is 0.474. The Bertz CT molecular complexity index is 436. The summed E-state index contributed by atoms with van der Waals surface area (Å²) in [5.41, 5.74) is 1.59. The second-order valence-corrected chi connectivity index (χ2v) is 4.82. The SMILES string of the molecule is Cc1cc([N+](=O)[O-])c(Cl)cc1NCCNC(C)C. The van der Waals surface area contributed by atoms with Crippen molar-refractivity contribution in [3.05, 3.63) is 32.8 Å². The number of nitro groups is 1. The van der Waals surface area contributed by atoms with Crippen LogP contribution in [0.2, 0.25) is 5.02 Å². The van der Waals surface area contributed by atoms with E-state index in [0.29, 0.717) is 6.04 Å². The van der Waals surface area contributed by atoms with E-state index in [1.807, 2.05) is 6.92 Å². The second-order valence-electron chi connectivity index (χ2n) is 4.41. The summed E-state index contributed by atoms with van der Waals surface area (Å²) in [4.78, 5) is 10.2. The van der Waals surface area contributed by atoms with Gasteiger partial charge < -0.3 is 10.6 Å². The van der Waals surface area contributed by atoms with Crippen LogP contribution in [0.25, 0.3) is 0 Å². The van der Waals surface area contributed by atoms with Crippen LogP contribution in [0.1, 0.15) is 19.4 Å². The van der Waals surface area contributed by atoms with Gasteiger partial charge in [-0.15, -0.1) is 0 Å². The number of hydrogen-bond acceptors (Lipinski definition) is 4. The van der Waals surface area contributed by atoms with Crippen LogP contribution in [-0.2, 0) is 0 Å².